The largest absolute Gasteiger partial charge is 0.481 e. The average molecular weight is 527 g/mol. The fourth-order valence-electron chi connectivity index (χ4n) is 4.94. The average Bonchev–Trinajstić information content (AvgIpc) is 3.20. The number of rotatable bonds is 12. The lowest BCUT2D eigenvalue weighted by Gasteiger charge is -2.31. The number of unbranched alkanes of at least 4 members (excludes halogenated alkanes) is 3. The van der Waals surface area contributed by atoms with Gasteiger partial charge < -0.3 is 5.11 Å². The first-order valence-electron chi connectivity index (χ1n) is 12.3. The Morgan fingerprint density at radius 1 is 1.14 bits per heavy atom. The summed E-state index contributed by atoms with van der Waals surface area (Å²) in [6, 6.07) is 14.0. The number of carbonyl (C=O) groups is 1. The maximum atomic E-state index is 14.2. The van der Waals surface area contributed by atoms with E-state index in [1.54, 1.807) is 54.6 Å². The minimum atomic E-state index is -4.02. The van der Waals surface area contributed by atoms with Crippen LogP contribution >= 0.6 is 11.8 Å². The fourth-order valence-corrected chi connectivity index (χ4v) is 8.20. The normalized spacial score (nSPS) is 22.2. The second-order valence-electron chi connectivity index (χ2n) is 9.19. The van der Waals surface area contributed by atoms with E-state index in [2.05, 4.69) is 19.6 Å². The van der Waals surface area contributed by atoms with Crippen LogP contribution in [0.4, 0.5) is 0 Å². The number of thioether (sulfide) groups is 1. The molecule has 0 saturated carbocycles. The first kappa shape index (κ1) is 28.0. The minimum Gasteiger partial charge on any atom is -0.481 e. The molecule has 3 rings (SSSR count). The monoisotopic (exact) mass is 526 g/mol. The van der Waals surface area contributed by atoms with Gasteiger partial charge in [0.1, 0.15) is 0 Å². The zero-order valence-corrected chi connectivity index (χ0v) is 22.5. The Balaban J connectivity index is 2.19. The summed E-state index contributed by atoms with van der Waals surface area (Å²) in [4.78, 5) is 12.9. The van der Waals surface area contributed by atoms with Crippen LogP contribution in [0.15, 0.2) is 66.1 Å². The van der Waals surface area contributed by atoms with Gasteiger partial charge in [0, 0.05) is 17.0 Å². The Morgan fingerprint density at radius 3 is 2.36 bits per heavy atom. The molecular formula is C28H34N2O4S2. The smallest absolute Gasteiger partial charge is 0.309 e. The number of hydrogen-bond donors (Lipinski definition) is 1. The van der Waals surface area contributed by atoms with Gasteiger partial charge in [0.2, 0.25) is 10.0 Å². The zero-order chi connectivity index (χ0) is 26.3. The molecule has 6 nitrogen and oxygen atoms in total. The number of hydrogen-bond acceptors (Lipinski definition) is 5. The predicted octanol–water partition coefficient (Wildman–Crippen LogP) is 5.94. The number of sulfonamides is 1. The molecule has 1 heterocycles. The molecule has 0 bridgehead atoms. The first-order valence-corrected chi connectivity index (χ1v) is 14.8. The third-order valence-corrected chi connectivity index (χ3v) is 10.0. The molecule has 1 fully saturated rings. The summed E-state index contributed by atoms with van der Waals surface area (Å²) in [6.07, 6.45) is 6.18. The second kappa shape index (κ2) is 12.6. The third-order valence-electron chi connectivity index (χ3n) is 6.70. The maximum Gasteiger partial charge on any atom is 0.309 e. The van der Waals surface area contributed by atoms with E-state index in [1.165, 1.54) is 16.1 Å². The van der Waals surface area contributed by atoms with Crippen LogP contribution in [-0.2, 0) is 14.8 Å². The molecule has 2 aromatic rings. The first-order chi connectivity index (χ1) is 17.3. The van der Waals surface area contributed by atoms with Crippen LogP contribution < -0.4 is 0 Å². The molecule has 1 aliphatic heterocycles. The highest BCUT2D eigenvalue weighted by Gasteiger charge is 2.56. The Bertz CT molecular complexity index is 1190. The third kappa shape index (κ3) is 6.03. The van der Waals surface area contributed by atoms with Gasteiger partial charge in [-0.15, -0.1) is 6.58 Å². The highest BCUT2D eigenvalue weighted by Crippen LogP contribution is 2.50. The summed E-state index contributed by atoms with van der Waals surface area (Å²) in [5.41, 5.74) is 1.96. The number of aryl methyl sites for hydroxylation is 1. The van der Waals surface area contributed by atoms with Gasteiger partial charge in [-0.25, -0.2) is 8.42 Å². The van der Waals surface area contributed by atoms with Crippen molar-refractivity contribution in [2.24, 2.45) is 5.92 Å². The van der Waals surface area contributed by atoms with Crippen molar-refractivity contribution < 1.29 is 18.3 Å². The number of carboxylic acid groups (broad SMARTS) is 1. The van der Waals surface area contributed by atoms with Crippen molar-refractivity contribution in [1.82, 2.24) is 4.31 Å². The highest BCUT2D eigenvalue weighted by atomic mass is 32.2. The molecule has 0 aromatic heterocycles. The lowest BCUT2D eigenvalue weighted by molar-refractivity contribution is -0.142. The van der Waals surface area contributed by atoms with Gasteiger partial charge in [-0.2, -0.15) is 21.3 Å². The Kier molecular flexibility index (Phi) is 9.77. The standard InChI is InChI=1S/C28H34N2O4S2/c1-4-6-7-8-9-24-27(35-18-5-2)25(28(31)32)26(22-14-12-21(19-29)13-15-22)30(24)36(33,34)23-16-10-20(3)11-17-23/h5,10-17,24-27H,2,4,6-9,18H2,1,3H3,(H,31,32)/t24-,25+,26+,27-/m1/s1. The van der Waals surface area contributed by atoms with Crippen LogP contribution in [0.3, 0.4) is 0 Å². The topological polar surface area (TPSA) is 98.5 Å². The van der Waals surface area contributed by atoms with Gasteiger partial charge in [-0.05, 0) is 43.2 Å². The number of aliphatic carboxylic acids is 1. The summed E-state index contributed by atoms with van der Waals surface area (Å²) < 4.78 is 29.8. The predicted molar refractivity (Wildman–Crippen MR) is 144 cm³/mol. The molecule has 1 aliphatic rings. The van der Waals surface area contributed by atoms with Crippen molar-refractivity contribution in [1.29, 1.82) is 5.26 Å². The molecule has 192 valence electrons. The number of nitrogens with zero attached hydrogens (tertiary/aromatic N) is 2. The maximum absolute atomic E-state index is 14.2. The highest BCUT2D eigenvalue weighted by molar-refractivity contribution is 8.00. The molecule has 0 radical (unpaired) electrons. The van der Waals surface area contributed by atoms with E-state index in [1.807, 2.05) is 6.92 Å². The fraction of sp³-hybridized carbons (Fsp3) is 0.429. The number of carboxylic acids is 1. The Hall–Kier alpha value is -2.60. The van der Waals surface area contributed by atoms with E-state index >= 15 is 0 Å². The lowest BCUT2D eigenvalue weighted by atomic mass is 9.92. The van der Waals surface area contributed by atoms with Crippen molar-refractivity contribution in [2.75, 3.05) is 5.75 Å². The summed E-state index contributed by atoms with van der Waals surface area (Å²) in [5, 5.41) is 19.2. The van der Waals surface area contributed by atoms with E-state index < -0.39 is 39.2 Å². The molecule has 0 amide bonds. The molecule has 0 unspecified atom stereocenters. The molecule has 1 saturated heterocycles. The second-order valence-corrected chi connectivity index (χ2v) is 12.2. The molecule has 4 atom stereocenters. The number of nitriles is 1. The summed E-state index contributed by atoms with van der Waals surface area (Å²) in [6.45, 7) is 7.80. The van der Waals surface area contributed by atoms with Gasteiger partial charge in [-0.1, -0.05) is 68.5 Å². The molecule has 36 heavy (non-hydrogen) atoms. The van der Waals surface area contributed by atoms with Gasteiger partial charge in [0.25, 0.3) is 0 Å². The molecule has 2 aromatic carbocycles. The molecule has 1 N–H and O–H groups in total. The van der Waals surface area contributed by atoms with Gasteiger partial charge >= 0.3 is 5.97 Å². The SMILES string of the molecule is C=CCS[C@H]1[C@@H](C(=O)O)[C@H](c2ccc(C#N)cc2)N(S(=O)(=O)c2ccc(C)cc2)[C@@H]1CCCCCC. The van der Waals surface area contributed by atoms with Crippen molar-refractivity contribution >= 4 is 27.8 Å². The summed E-state index contributed by atoms with van der Waals surface area (Å²) in [7, 11) is -4.02. The Morgan fingerprint density at radius 2 is 1.81 bits per heavy atom. The number of benzene rings is 2. The zero-order valence-electron chi connectivity index (χ0n) is 20.8. The summed E-state index contributed by atoms with van der Waals surface area (Å²) in [5.74, 6) is -1.44. The lowest BCUT2D eigenvalue weighted by Crippen LogP contribution is -2.40. The minimum absolute atomic E-state index is 0.156. The van der Waals surface area contributed by atoms with Gasteiger partial charge in [0.15, 0.2) is 0 Å². The van der Waals surface area contributed by atoms with Crippen LogP contribution in [0.2, 0.25) is 0 Å². The van der Waals surface area contributed by atoms with E-state index in [-0.39, 0.29) is 4.90 Å². The molecule has 0 aliphatic carbocycles. The van der Waals surface area contributed by atoms with Crippen LogP contribution in [-0.4, -0.2) is 40.8 Å². The van der Waals surface area contributed by atoms with Gasteiger partial charge in [-0.3, -0.25) is 4.79 Å². The van der Waals surface area contributed by atoms with E-state index in [4.69, 9.17) is 0 Å². The quantitative estimate of drug-likeness (QED) is 0.271. The van der Waals surface area contributed by atoms with Crippen LogP contribution in [0.5, 0.6) is 0 Å². The molecule has 0 spiro atoms. The van der Waals surface area contributed by atoms with Crippen LogP contribution in [0.25, 0.3) is 0 Å². The molecule has 8 heteroatoms. The van der Waals surface area contributed by atoms with E-state index in [0.29, 0.717) is 23.3 Å². The van der Waals surface area contributed by atoms with E-state index in [0.717, 1.165) is 31.2 Å². The van der Waals surface area contributed by atoms with Crippen molar-refractivity contribution in [3.8, 4) is 6.07 Å². The van der Waals surface area contributed by atoms with Crippen molar-refractivity contribution in [3.05, 3.63) is 77.9 Å². The van der Waals surface area contributed by atoms with Gasteiger partial charge in [0.05, 0.1) is 28.5 Å². The summed E-state index contributed by atoms with van der Waals surface area (Å²) >= 11 is 1.46. The van der Waals surface area contributed by atoms with Crippen molar-refractivity contribution in [3.63, 3.8) is 0 Å². The Labute approximate surface area is 219 Å². The van der Waals surface area contributed by atoms with Crippen LogP contribution in [0.1, 0.15) is 61.8 Å². The van der Waals surface area contributed by atoms with Crippen LogP contribution in [0, 0.1) is 24.2 Å². The van der Waals surface area contributed by atoms with Crippen molar-refractivity contribution in [2.45, 2.75) is 68.2 Å². The van der Waals surface area contributed by atoms with E-state index in [9.17, 15) is 23.6 Å². The molecular weight excluding hydrogens is 492 g/mol.